The van der Waals surface area contributed by atoms with Crippen molar-refractivity contribution in [1.29, 1.82) is 0 Å². The molecule has 24 heteroatoms. The van der Waals surface area contributed by atoms with E-state index in [1.165, 1.54) is 0 Å². The van der Waals surface area contributed by atoms with E-state index in [1.807, 2.05) is 0 Å². The molecule has 1 aromatic rings. The molecular weight excluding hydrogens is 769 g/mol. The van der Waals surface area contributed by atoms with Crippen molar-refractivity contribution in [2.24, 2.45) is 0 Å². The smallest absolute Gasteiger partial charge is 0.463 e. The molecule has 0 saturated carbocycles. The van der Waals surface area contributed by atoms with Gasteiger partial charge in [-0.1, -0.05) is 62.1 Å². The first-order valence-electron chi connectivity index (χ1n) is 14.3. The molecule has 50 heavy (non-hydrogen) atoms. The number of ether oxygens (including phenoxy) is 2. The topological polar surface area (TPSA) is 176 Å². The van der Waals surface area contributed by atoms with Gasteiger partial charge in [-0.2, -0.15) is 47.9 Å². The van der Waals surface area contributed by atoms with Crippen molar-refractivity contribution in [3.8, 4) is 5.75 Å². The number of hydrogen-bond acceptors (Lipinski definition) is 11. The highest BCUT2D eigenvalue weighted by atomic mass is 32.3. The first kappa shape index (κ1) is 44.9. The molecule has 0 amide bonds. The number of halogens is 9. The van der Waals surface area contributed by atoms with Gasteiger partial charge in [0.05, 0.1) is 18.8 Å². The molecule has 0 aliphatic rings. The SMILES string of the molecule is C=CC(=O)OCCCCCCCCCCCCOC(=O)c1ccc(OS(=O)(=O)C(F)(F)C(F)(F)C(F)(F)S(=O)(=O)NS(=O)(=O)C(F)(F)F)cc1. The van der Waals surface area contributed by atoms with E-state index in [9.17, 15) is 74.4 Å². The molecule has 12 nitrogen and oxygen atoms in total. The first-order chi connectivity index (χ1) is 22.8. The molecule has 288 valence electrons. The van der Waals surface area contributed by atoms with Gasteiger partial charge in [0.2, 0.25) is 0 Å². The van der Waals surface area contributed by atoms with Crippen LogP contribution in [0.5, 0.6) is 5.75 Å². The van der Waals surface area contributed by atoms with Gasteiger partial charge in [-0.05, 0) is 37.1 Å². The van der Waals surface area contributed by atoms with Gasteiger partial charge in [0.15, 0.2) is 0 Å². The van der Waals surface area contributed by atoms with Crippen LogP contribution in [0.15, 0.2) is 36.9 Å². The molecule has 0 atom stereocenters. The number of hydrogen-bond donors (Lipinski definition) is 1. The highest BCUT2D eigenvalue weighted by Crippen LogP contribution is 2.51. The number of benzene rings is 1. The molecule has 0 radical (unpaired) electrons. The minimum absolute atomic E-state index is 0.0561. The van der Waals surface area contributed by atoms with Crippen LogP contribution in [0.3, 0.4) is 0 Å². The maximum Gasteiger partial charge on any atom is 0.512 e. The molecule has 0 bridgehead atoms. The Labute approximate surface area is 281 Å². The minimum Gasteiger partial charge on any atom is -0.463 e. The lowest BCUT2D eigenvalue weighted by molar-refractivity contribution is -0.245. The molecule has 0 saturated heterocycles. The Balaban J connectivity index is 2.63. The van der Waals surface area contributed by atoms with Gasteiger partial charge >= 0.3 is 54.0 Å². The van der Waals surface area contributed by atoms with E-state index in [2.05, 4.69) is 10.8 Å². The fourth-order valence-corrected chi connectivity index (χ4v) is 7.06. The van der Waals surface area contributed by atoms with Crippen molar-refractivity contribution in [2.45, 2.75) is 86.1 Å². The summed E-state index contributed by atoms with van der Waals surface area (Å²) >= 11 is 0. The third-order valence-electron chi connectivity index (χ3n) is 6.39. The Morgan fingerprint density at radius 1 is 0.640 bits per heavy atom. The molecule has 0 heterocycles. The number of rotatable bonds is 23. The molecule has 0 unspecified atom stereocenters. The average molecular weight is 802 g/mol. The van der Waals surface area contributed by atoms with E-state index >= 15 is 0 Å². The summed E-state index contributed by atoms with van der Waals surface area (Å²) in [5.74, 6) is -10.4. The largest absolute Gasteiger partial charge is 0.512 e. The van der Waals surface area contributed by atoms with Crippen molar-refractivity contribution in [2.75, 3.05) is 13.2 Å². The molecule has 1 N–H and O–H groups in total. The summed E-state index contributed by atoms with van der Waals surface area (Å²) in [7, 11) is -22.6. The summed E-state index contributed by atoms with van der Waals surface area (Å²) in [5.41, 5.74) is -7.03. The summed E-state index contributed by atoms with van der Waals surface area (Å²) in [6, 6.07) is 2.24. The predicted octanol–water partition coefficient (Wildman–Crippen LogP) is 5.77. The highest BCUT2D eigenvalue weighted by molar-refractivity contribution is 8.05. The van der Waals surface area contributed by atoms with Gasteiger partial charge in [0, 0.05) is 6.08 Å². The summed E-state index contributed by atoms with van der Waals surface area (Å²) in [5, 5.41) is -14.7. The Hall–Kier alpha value is -3.12. The third kappa shape index (κ3) is 11.7. The zero-order valence-electron chi connectivity index (χ0n) is 25.7. The lowest BCUT2D eigenvalue weighted by Crippen LogP contribution is -2.64. The van der Waals surface area contributed by atoms with Crippen LogP contribution in [0.25, 0.3) is 0 Å². The molecule has 0 spiro atoms. The second kappa shape index (κ2) is 17.9. The highest BCUT2D eigenvalue weighted by Gasteiger charge is 2.83. The van der Waals surface area contributed by atoms with Gasteiger partial charge in [0.25, 0.3) is 10.0 Å². The van der Waals surface area contributed by atoms with Crippen molar-refractivity contribution in [3.63, 3.8) is 0 Å². The monoisotopic (exact) mass is 801 g/mol. The van der Waals surface area contributed by atoms with Crippen molar-refractivity contribution in [3.05, 3.63) is 42.5 Å². The number of unbranched alkanes of at least 4 members (excludes halogenated alkanes) is 9. The van der Waals surface area contributed by atoms with Crippen LogP contribution in [-0.2, 0) is 44.4 Å². The zero-order chi connectivity index (χ0) is 38.7. The van der Waals surface area contributed by atoms with E-state index in [0.717, 1.165) is 57.4 Å². The fourth-order valence-electron chi connectivity index (χ4n) is 3.66. The normalized spacial score (nSPS) is 13.5. The van der Waals surface area contributed by atoms with Crippen LogP contribution in [0.4, 0.5) is 39.5 Å². The summed E-state index contributed by atoms with van der Waals surface area (Å²) in [4.78, 5) is 23.1. The summed E-state index contributed by atoms with van der Waals surface area (Å²) in [6.45, 7) is 3.58. The van der Waals surface area contributed by atoms with Gasteiger partial charge in [-0.15, -0.1) is 0 Å². The Bertz CT molecular complexity index is 1630. The van der Waals surface area contributed by atoms with E-state index in [1.54, 1.807) is 0 Å². The van der Waals surface area contributed by atoms with Crippen molar-refractivity contribution < 1.29 is 88.0 Å². The van der Waals surface area contributed by atoms with E-state index in [4.69, 9.17) is 9.47 Å². The van der Waals surface area contributed by atoms with Crippen LogP contribution in [-0.4, -0.2) is 72.3 Å². The Kier molecular flexibility index (Phi) is 16.1. The lowest BCUT2D eigenvalue weighted by Gasteiger charge is -2.31. The van der Waals surface area contributed by atoms with Crippen LogP contribution in [0, 0.1) is 0 Å². The second-order valence-corrected chi connectivity index (χ2v) is 15.5. The predicted molar refractivity (Wildman–Crippen MR) is 155 cm³/mol. The summed E-state index contributed by atoms with van der Waals surface area (Å²) in [6.07, 6.45) is 9.66. The van der Waals surface area contributed by atoms with Gasteiger partial charge in [0.1, 0.15) is 5.75 Å². The van der Waals surface area contributed by atoms with Crippen LogP contribution in [0.1, 0.15) is 74.6 Å². The molecule has 0 aliphatic carbocycles. The van der Waals surface area contributed by atoms with Crippen LogP contribution < -0.4 is 8.31 Å². The van der Waals surface area contributed by atoms with Gasteiger partial charge in [-0.3, -0.25) is 0 Å². The van der Waals surface area contributed by atoms with E-state index < -0.39 is 73.9 Å². The van der Waals surface area contributed by atoms with Gasteiger partial charge < -0.3 is 13.7 Å². The number of alkyl halides is 9. The van der Waals surface area contributed by atoms with Crippen LogP contribution >= 0.6 is 0 Å². The maximum atomic E-state index is 14.3. The van der Waals surface area contributed by atoms with E-state index in [-0.39, 0.29) is 12.2 Å². The number of nitrogens with one attached hydrogen (secondary N) is 1. The van der Waals surface area contributed by atoms with Gasteiger partial charge in [-0.25, -0.2) is 26.4 Å². The summed E-state index contributed by atoms with van der Waals surface area (Å²) < 4.78 is 203. The van der Waals surface area contributed by atoms with E-state index in [0.29, 0.717) is 43.7 Å². The average Bonchev–Trinajstić information content (AvgIpc) is 2.99. The maximum absolute atomic E-state index is 14.3. The van der Waals surface area contributed by atoms with Crippen molar-refractivity contribution in [1.82, 2.24) is 4.13 Å². The lowest BCUT2D eigenvalue weighted by atomic mass is 10.1. The fraction of sp³-hybridized carbons (Fsp3) is 0.615. The number of esters is 2. The number of carbonyl (C=O) groups is 2. The Morgan fingerprint density at radius 3 is 1.48 bits per heavy atom. The zero-order valence-corrected chi connectivity index (χ0v) is 28.1. The molecule has 1 rings (SSSR count). The second-order valence-electron chi connectivity index (χ2n) is 10.2. The molecular formula is C26H32F9NO11S3. The first-order valence-corrected chi connectivity index (χ1v) is 18.6. The molecule has 1 aromatic carbocycles. The quantitative estimate of drug-likeness (QED) is 0.0468. The number of sulfonamides is 2. The Morgan fingerprint density at radius 2 is 1.06 bits per heavy atom. The minimum atomic E-state index is -7.92. The number of carbonyl (C=O) groups excluding carboxylic acids is 2. The molecule has 0 aromatic heterocycles. The molecule has 0 aliphatic heterocycles. The van der Waals surface area contributed by atoms with Crippen molar-refractivity contribution >= 4 is 42.1 Å². The third-order valence-corrected chi connectivity index (χ3v) is 11.0. The van der Waals surface area contributed by atoms with Crippen LogP contribution in [0.2, 0.25) is 0 Å². The molecule has 0 fully saturated rings. The standard InChI is InChI=1S/C26H32F9NO11S3/c1-2-21(37)45-17-11-9-7-5-3-4-6-8-10-12-18-46-22(38)19-13-15-20(16-14-19)47-50(43,44)25(31,32)23(27,28)24(29,30)48(39,40)36-49(41,42)26(33,34)35/h2,13-16,36H,1,3-12,17-18H2.